The van der Waals surface area contributed by atoms with Crippen LogP contribution < -0.4 is 15.2 Å². The number of methoxy groups -OCH3 is 1. The minimum Gasteiger partial charge on any atom is -0.493 e. The molecule has 16 heavy (non-hydrogen) atoms. The summed E-state index contributed by atoms with van der Waals surface area (Å²) in [6.07, 6.45) is 0. The molecule has 0 aliphatic rings. The number of esters is 1. The average molecular weight is 225 g/mol. The molecule has 0 saturated carbocycles. The first kappa shape index (κ1) is 12.5. The number of carbonyl (C=O) groups excluding carboxylic acids is 1. The lowest BCUT2D eigenvalue weighted by atomic mass is 10.1. The van der Waals surface area contributed by atoms with Crippen LogP contribution in [0.25, 0.3) is 0 Å². The van der Waals surface area contributed by atoms with Crippen LogP contribution in [0, 0.1) is 0 Å². The fourth-order valence-electron chi connectivity index (χ4n) is 1.34. The van der Waals surface area contributed by atoms with Crippen molar-refractivity contribution in [3.8, 4) is 11.5 Å². The number of nitrogens with two attached hydrogens (primary N) is 1. The SMILES string of the molecule is COc1cccc([C@H](N)CO)c1OC(C)=O. The number of hydrogen-bond acceptors (Lipinski definition) is 5. The van der Waals surface area contributed by atoms with Gasteiger partial charge in [-0.1, -0.05) is 12.1 Å². The zero-order valence-corrected chi connectivity index (χ0v) is 9.27. The van der Waals surface area contributed by atoms with Gasteiger partial charge in [0.05, 0.1) is 19.8 Å². The van der Waals surface area contributed by atoms with Crippen molar-refractivity contribution in [2.45, 2.75) is 13.0 Å². The van der Waals surface area contributed by atoms with Gasteiger partial charge in [0, 0.05) is 12.5 Å². The fraction of sp³-hybridized carbons (Fsp3) is 0.364. The van der Waals surface area contributed by atoms with Gasteiger partial charge in [-0.05, 0) is 6.07 Å². The molecule has 1 aromatic rings. The van der Waals surface area contributed by atoms with E-state index in [0.29, 0.717) is 11.3 Å². The molecule has 1 aromatic carbocycles. The first-order valence-corrected chi connectivity index (χ1v) is 4.82. The van der Waals surface area contributed by atoms with Crippen LogP contribution in [0.3, 0.4) is 0 Å². The van der Waals surface area contributed by atoms with Gasteiger partial charge in [-0.15, -0.1) is 0 Å². The van der Waals surface area contributed by atoms with E-state index in [1.54, 1.807) is 18.2 Å². The van der Waals surface area contributed by atoms with Crippen molar-refractivity contribution in [3.63, 3.8) is 0 Å². The summed E-state index contributed by atoms with van der Waals surface area (Å²) in [5, 5.41) is 9.00. The van der Waals surface area contributed by atoms with E-state index in [0.717, 1.165) is 0 Å². The highest BCUT2D eigenvalue weighted by molar-refractivity contribution is 5.71. The van der Waals surface area contributed by atoms with Crippen molar-refractivity contribution >= 4 is 5.97 Å². The summed E-state index contributed by atoms with van der Waals surface area (Å²) in [5.74, 6) is 0.214. The second kappa shape index (κ2) is 5.48. The molecule has 0 spiro atoms. The number of hydrogen-bond donors (Lipinski definition) is 2. The lowest BCUT2D eigenvalue weighted by Crippen LogP contribution is -2.17. The van der Waals surface area contributed by atoms with Crippen molar-refractivity contribution in [1.29, 1.82) is 0 Å². The van der Waals surface area contributed by atoms with Gasteiger partial charge in [0.25, 0.3) is 0 Å². The second-order valence-corrected chi connectivity index (χ2v) is 3.26. The second-order valence-electron chi connectivity index (χ2n) is 3.26. The summed E-state index contributed by atoms with van der Waals surface area (Å²) < 4.78 is 10.1. The predicted octanol–water partition coefficient (Wildman–Crippen LogP) is 0.613. The zero-order chi connectivity index (χ0) is 12.1. The molecule has 0 saturated heterocycles. The van der Waals surface area contributed by atoms with Crippen LogP contribution in [0.5, 0.6) is 11.5 Å². The fourth-order valence-corrected chi connectivity index (χ4v) is 1.34. The Balaban J connectivity index is 3.19. The summed E-state index contributed by atoms with van der Waals surface area (Å²) >= 11 is 0. The molecule has 0 radical (unpaired) electrons. The maximum absolute atomic E-state index is 11.0. The van der Waals surface area contributed by atoms with Crippen LogP contribution in [0.2, 0.25) is 0 Å². The molecular formula is C11H15NO4. The van der Waals surface area contributed by atoms with E-state index in [2.05, 4.69) is 0 Å². The normalized spacial score (nSPS) is 12.0. The molecule has 1 rings (SSSR count). The largest absolute Gasteiger partial charge is 0.493 e. The molecule has 5 heteroatoms. The number of para-hydroxylation sites is 1. The first-order valence-electron chi connectivity index (χ1n) is 4.82. The Morgan fingerprint density at radius 2 is 2.25 bits per heavy atom. The highest BCUT2D eigenvalue weighted by atomic mass is 16.6. The predicted molar refractivity (Wildman–Crippen MR) is 58.3 cm³/mol. The molecule has 0 aliphatic heterocycles. The van der Waals surface area contributed by atoms with E-state index in [9.17, 15) is 4.79 Å². The van der Waals surface area contributed by atoms with Crippen LogP contribution in [0.1, 0.15) is 18.5 Å². The highest BCUT2D eigenvalue weighted by Gasteiger charge is 2.17. The van der Waals surface area contributed by atoms with Gasteiger partial charge in [0.15, 0.2) is 11.5 Å². The molecule has 5 nitrogen and oxygen atoms in total. The lowest BCUT2D eigenvalue weighted by molar-refractivity contribution is -0.132. The Hall–Kier alpha value is -1.59. The number of aliphatic hydroxyl groups is 1. The number of benzene rings is 1. The Kier molecular flexibility index (Phi) is 4.28. The number of carbonyl (C=O) groups is 1. The van der Waals surface area contributed by atoms with E-state index >= 15 is 0 Å². The molecule has 0 bridgehead atoms. The van der Waals surface area contributed by atoms with E-state index in [1.165, 1.54) is 14.0 Å². The van der Waals surface area contributed by atoms with Crippen molar-refractivity contribution in [1.82, 2.24) is 0 Å². The van der Waals surface area contributed by atoms with Gasteiger partial charge < -0.3 is 20.3 Å². The summed E-state index contributed by atoms with van der Waals surface area (Å²) in [4.78, 5) is 11.0. The van der Waals surface area contributed by atoms with Gasteiger partial charge in [-0.3, -0.25) is 4.79 Å². The third-order valence-electron chi connectivity index (χ3n) is 2.07. The Morgan fingerprint density at radius 1 is 1.56 bits per heavy atom. The van der Waals surface area contributed by atoms with Crippen LogP contribution >= 0.6 is 0 Å². The average Bonchev–Trinajstić information content (AvgIpc) is 2.27. The van der Waals surface area contributed by atoms with Gasteiger partial charge >= 0.3 is 5.97 Å². The Morgan fingerprint density at radius 3 is 2.75 bits per heavy atom. The molecule has 0 fully saturated rings. The Bertz CT molecular complexity index is 378. The molecule has 0 amide bonds. The smallest absolute Gasteiger partial charge is 0.308 e. The van der Waals surface area contributed by atoms with Gasteiger partial charge in [-0.2, -0.15) is 0 Å². The van der Waals surface area contributed by atoms with Gasteiger partial charge in [0.1, 0.15) is 0 Å². The number of rotatable bonds is 4. The third kappa shape index (κ3) is 2.71. The molecule has 3 N–H and O–H groups in total. The summed E-state index contributed by atoms with van der Waals surface area (Å²) in [6, 6.07) is 4.45. The summed E-state index contributed by atoms with van der Waals surface area (Å²) in [7, 11) is 1.47. The maximum Gasteiger partial charge on any atom is 0.308 e. The standard InChI is InChI=1S/C11H15NO4/c1-7(14)16-11-8(9(12)6-13)4-3-5-10(11)15-2/h3-5,9,13H,6,12H2,1-2H3/t9-/m1/s1. The van der Waals surface area contributed by atoms with Crippen LogP contribution in [-0.4, -0.2) is 24.8 Å². The monoisotopic (exact) mass is 225 g/mol. The molecule has 0 aromatic heterocycles. The number of ether oxygens (including phenoxy) is 2. The molecular weight excluding hydrogens is 210 g/mol. The zero-order valence-electron chi connectivity index (χ0n) is 9.27. The van der Waals surface area contributed by atoms with Gasteiger partial charge in [-0.25, -0.2) is 0 Å². The first-order chi connectivity index (χ1) is 7.60. The highest BCUT2D eigenvalue weighted by Crippen LogP contribution is 2.34. The van der Waals surface area contributed by atoms with E-state index in [1.807, 2.05) is 0 Å². The molecule has 0 unspecified atom stereocenters. The molecule has 1 atom stereocenters. The molecule has 0 aliphatic carbocycles. The summed E-state index contributed by atoms with van der Waals surface area (Å²) in [5.41, 5.74) is 6.24. The number of aliphatic hydroxyl groups excluding tert-OH is 1. The third-order valence-corrected chi connectivity index (χ3v) is 2.07. The van der Waals surface area contributed by atoms with E-state index < -0.39 is 12.0 Å². The molecule has 88 valence electrons. The molecule has 0 heterocycles. The van der Waals surface area contributed by atoms with E-state index in [-0.39, 0.29) is 12.4 Å². The quantitative estimate of drug-likeness (QED) is 0.579. The van der Waals surface area contributed by atoms with E-state index in [4.69, 9.17) is 20.3 Å². The van der Waals surface area contributed by atoms with Crippen LogP contribution in [0.15, 0.2) is 18.2 Å². The minimum absolute atomic E-state index is 0.235. The summed E-state index contributed by atoms with van der Waals surface area (Å²) in [6.45, 7) is 1.06. The van der Waals surface area contributed by atoms with Crippen molar-refractivity contribution in [2.24, 2.45) is 5.73 Å². The van der Waals surface area contributed by atoms with Crippen LogP contribution in [-0.2, 0) is 4.79 Å². The van der Waals surface area contributed by atoms with Crippen molar-refractivity contribution in [3.05, 3.63) is 23.8 Å². The van der Waals surface area contributed by atoms with Gasteiger partial charge in [0.2, 0.25) is 0 Å². The topological polar surface area (TPSA) is 81.8 Å². The Labute approximate surface area is 93.8 Å². The minimum atomic E-state index is -0.607. The van der Waals surface area contributed by atoms with Crippen molar-refractivity contribution < 1.29 is 19.4 Å². The van der Waals surface area contributed by atoms with Crippen LogP contribution in [0.4, 0.5) is 0 Å². The maximum atomic E-state index is 11.0. The lowest BCUT2D eigenvalue weighted by Gasteiger charge is -2.16. The van der Waals surface area contributed by atoms with Crippen molar-refractivity contribution in [2.75, 3.05) is 13.7 Å².